The van der Waals surface area contributed by atoms with Crippen molar-refractivity contribution in [1.82, 2.24) is 0 Å². The van der Waals surface area contributed by atoms with Gasteiger partial charge in [-0.2, -0.15) is 11.8 Å². The molecule has 58 valence electrons. The van der Waals surface area contributed by atoms with Crippen LogP contribution in [0.4, 0.5) is 0 Å². The molecular formula is C7H12O2S. The fourth-order valence-corrected chi connectivity index (χ4v) is 2.44. The van der Waals surface area contributed by atoms with E-state index in [2.05, 4.69) is 0 Å². The first-order chi connectivity index (χ1) is 4.79. The predicted molar refractivity (Wildman–Crippen MR) is 42.3 cm³/mol. The van der Waals surface area contributed by atoms with E-state index in [-0.39, 0.29) is 0 Å². The Morgan fingerprint density at radius 3 is 3.00 bits per heavy atom. The molecule has 0 unspecified atom stereocenters. The first kappa shape index (κ1) is 7.92. The van der Waals surface area contributed by atoms with Crippen LogP contribution in [0.3, 0.4) is 0 Å². The third-order valence-electron chi connectivity index (χ3n) is 1.70. The number of carboxylic acids is 1. The lowest BCUT2D eigenvalue weighted by Gasteiger charge is -2.03. The second kappa shape index (κ2) is 3.86. The Balaban J connectivity index is 2.07. The Morgan fingerprint density at radius 2 is 2.50 bits per heavy atom. The lowest BCUT2D eigenvalue weighted by molar-refractivity contribution is -0.137. The Morgan fingerprint density at radius 1 is 1.70 bits per heavy atom. The van der Waals surface area contributed by atoms with E-state index in [4.69, 9.17) is 5.11 Å². The summed E-state index contributed by atoms with van der Waals surface area (Å²) in [6.07, 6.45) is 3.70. The molecule has 1 N–H and O–H groups in total. The second-order valence-corrected chi connectivity index (χ2v) is 3.98. The summed E-state index contributed by atoms with van der Waals surface area (Å²) in [7, 11) is 0. The standard InChI is InChI=1S/C7H12O2S/c8-7(9)4-3-6-2-1-5-10-6/h6H,1-5H2,(H,8,9)/t6-/m0/s1. The fraction of sp³-hybridized carbons (Fsp3) is 0.857. The highest BCUT2D eigenvalue weighted by Crippen LogP contribution is 2.29. The van der Waals surface area contributed by atoms with E-state index >= 15 is 0 Å². The van der Waals surface area contributed by atoms with Gasteiger partial charge in [-0.1, -0.05) is 0 Å². The van der Waals surface area contributed by atoms with E-state index < -0.39 is 5.97 Å². The monoisotopic (exact) mass is 160 g/mol. The SMILES string of the molecule is O=C(O)CC[C@@H]1CCCS1. The van der Waals surface area contributed by atoms with Gasteiger partial charge in [0.25, 0.3) is 0 Å². The van der Waals surface area contributed by atoms with Crippen LogP contribution in [0.25, 0.3) is 0 Å². The molecule has 1 fully saturated rings. The summed E-state index contributed by atoms with van der Waals surface area (Å²) in [6, 6.07) is 0. The topological polar surface area (TPSA) is 37.3 Å². The van der Waals surface area contributed by atoms with Crippen LogP contribution in [-0.4, -0.2) is 22.1 Å². The molecule has 1 atom stereocenters. The minimum atomic E-state index is -0.660. The zero-order chi connectivity index (χ0) is 7.40. The molecule has 1 aliphatic rings. The average Bonchev–Trinajstić information content (AvgIpc) is 2.34. The third kappa shape index (κ3) is 2.60. The highest BCUT2D eigenvalue weighted by molar-refractivity contribution is 8.00. The smallest absolute Gasteiger partial charge is 0.303 e. The summed E-state index contributed by atoms with van der Waals surface area (Å²) in [5.41, 5.74) is 0. The van der Waals surface area contributed by atoms with Gasteiger partial charge in [0.2, 0.25) is 0 Å². The van der Waals surface area contributed by atoms with Gasteiger partial charge >= 0.3 is 5.97 Å². The molecule has 1 heterocycles. The van der Waals surface area contributed by atoms with Crippen molar-refractivity contribution in [2.24, 2.45) is 0 Å². The highest BCUT2D eigenvalue weighted by Gasteiger charge is 2.15. The Hall–Kier alpha value is -0.180. The van der Waals surface area contributed by atoms with Crippen molar-refractivity contribution in [3.05, 3.63) is 0 Å². The van der Waals surface area contributed by atoms with Gasteiger partial charge in [-0.15, -0.1) is 0 Å². The van der Waals surface area contributed by atoms with Crippen LogP contribution in [0.2, 0.25) is 0 Å². The van der Waals surface area contributed by atoms with Gasteiger partial charge < -0.3 is 5.11 Å². The molecule has 1 saturated heterocycles. The van der Waals surface area contributed by atoms with Crippen LogP contribution < -0.4 is 0 Å². The average molecular weight is 160 g/mol. The largest absolute Gasteiger partial charge is 0.481 e. The van der Waals surface area contributed by atoms with Crippen molar-refractivity contribution in [3.8, 4) is 0 Å². The first-order valence-corrected chi connectivity index (χ1v) is 4.67. The van der Waals surface area contributed by atoms with Gasteiger partial charge in [-0.05, 0) is 25.0 Å². The van der Waals surface area contributed by atoms with Gasteiger partial charge in [0, 0.05) is 11.7 Å². The van der Waals surface area contributed by atoms with E-state index in [0.29, 0.717) is 11.7 Å². The Bertz CT molecular complexity index is 119. The molecule has 0 spiro atoms. The van der Waals surface area contributed by atoms with Crippen molar-refractivity contribution in [2.75, 3.05) is 5.75 Å². The van der Waals surface area contributed by atoms with Crippen LogP contribution in [0.15, 0.2) is 0 Å². The number of rotatable bonds is 3. The third-order valence-corrected chi connectivity index (χ3v) is 3.17. The van der Waals surface area contributed by atoms with E-state index in [9.17, 15) is 4.79 Å². The molecule has 0 aromatic heterocycles. The molecule has 1 rings (SSSR count). The summed E-state index contributed by atoms with van der Waals surface area (Å²) >= 11 is 1.92. The zero-order valence-corrected chi connectivity index (χ0v) is 6.69. The fourth-order valence-electron chi connectivity index (χ4n) is 1.16. The molecule has 2 nitrogen and oxygen atoms in total. The highest BCUT2D eigenvalue weighted by atomic mass is 32.2. The number of hydrogen-bond donors (Lipinski definition) is 1. The molecule has 0 amide bonds. The van der Waals surface area contributed by atoms with Gasteiger partial charge in [0.05, 0.1) is 0 Å². The lowest BCUT2D eigenvalue weighted by Crippen LogP contribution is -2.02. The molecule has 10 heavy (non-hydrogen) atoms. The second-order valence-electron chi connectivity index (χ2n) is 2.57. The summed E-state index contributed by atoms with van der Waals surface area (Å²) in [5, 5.41) is 9.00. The molecule has 3 heteroatoms. The summed E-state index contributed by atoms with van der Waals surface area (Å²) < 4.78 is 0. The van der Waals surface area contributed by atoms with Gasteiger partial charge in [-0.3, -0.25) is 4.79 Å². The molecule has 0 aliphatic carbocycles. The molecule has 0 radical (unpaired) electrons. The maximum absolute atomic E-state index is 10.1. The minimum absolute atomic E-state index is 0.345. The van der Waals surface area contributed by atoms with E-state index in [1.807, 2.05) is 11.8 Å². The Labute approximate surface area is 65.0 Å². The van der Waals surface area contributed by atoms with E-state index in [1.165, 1.54) is 18.6 Å². The number of hydrogen-bond acceptors (Lipinski definition) is 2. The maximum Gasteiger partial charge on any atom is 0.303 e. The Kier molecular flexibility index (Phi) is 3.06. The lowest BCUT2D eigenvalue weighted by atomic mass is 10.1. The number of carbonyl (C=O) groups is 1. The zero-order valence-electron chi connectivity index (χ0n) is 5.88. The van der Waals surface area contributed by atoms with E-state index in [1.54, 1.807) is 0 Å². The first-order valence-electron chi connectivity index (χ1n) is 3.62. The molecule has 0 aromatic carbocycles. The predicted octanol–water partition coefficient (Wildman–Crippen LogP) is 1.75. The minimum Gasteiger partial charge on any atom is -0.481 e. The van der Waals surface area contributed by atoms with Crippen molar-refractivity contribution < 1.29 is 9.90 Å². The molecule has 0 saturated carbocycles. The summed E-state index contributed by atoms with van der Waals surface area (Å²) in [4.78, 5) is 10.1. The van der Waals surface area contributed by atoms with Crippen molar-refractivity contribution >= 4 is 17.7 Å². The van der Waals surface area contributed by atoms with Crippen LogP contribution in [-0.2, 0) is 4.79 Å². The number of carboxylic acid groups (broad SMARTS) is 1. The van der Waals surface area contributed by atoms with Crippen LogP contribution in [0.1, 0.15) is 25.7 Å². The van der Waals surface area contributed by atoms with E-state index in [0.717, 1.165) is 6.42 Å². The van der Waals surface area contributed by atoms with Crippen molar-refractivity contribution in [2.45, 2.75) is 30.9 Å². The number of thioether (sulfide) groups is 1. The van der Waals surface area contributed by atoms with Crippen LogP contribution in [0, 0.1) is 0 Å². The van der Waals surface area contributed by atoms with Crippen molar-refractivity contribution in [1.29, 1.82) is 0 Å². The van der Waals surface area contributed by atoms with Gasteiger partial charge in [0.15, 0.2) is 0 Å². The quantitative estimate of drug-likeness (QED) is 0.683. The van der Waals surface area contributed by atoms with Crippen molar-refractivity contribution in [3.63, 3.8) is 0 Å². The maximum atomic E-state index is 10.1. The molecular weight excluding hydrogens is 148 g/mol. The number of aliphatic carboxylic acids is 1. The normalized spacial score (nSPS) is 25.0. The summed E-state index contributed by atoms with van der Waals surface area (Å²) in [6.45, 7) is 0. The van der Waals surface area contributed by atoms with Crippen LogP contribution in [0.5, 0.6) is 0 Å². The molecule has 0 bridgehead atoms. The molecule has 1 aliphatic heterocycles. The molecule has 0 aromatic rings. The van der Waals surface area contributed by atoms with Gasteiger partial charge in [-0.25, -0.2) is 0 Å². The van der Waals surface area contributed by atoms with Gasteiger partial charge in [0.1, 0.15) is 0 Å². The van der Waals surface area contributed by atoms with Crippen LogP contribution >= 0.6 is 11.8 Å². The summed E-state index contributed by atoms with van der Waals surface area (Å²) in [5.74, 6) is 0.567.